The van der Waals surface area contributed by atoms with Gasteiger partial charge in [-0.1, -0.05) is 12.1 Å². The van der Waals surface area contributed by atoms with Gasteiger partial charge in [0.05, 0.1) is 37.3 Å². The van der Waals surface area contributed by atoms with Gasteiger partial charge in [-0.3, -0.25) is 4.68 Å². The molecule has 5 rings (SSSR count). The molecule has 0 bridgehead atoms. The van der Waals surface area contributed by atoms with Gasteiger partial charge in [-0.15, -0.1) is 11.3 Å². The lowest BCUT2D eigenvalue weighted by Crippen LogP contribution is -2.29. The second-order valence-electron chi connectivity index (χ2n) is 8.25. The van der Waals surface area contributed by atoms with Crippen molar-refractivity contribution in [1.29, 1.82) is 0 Å². The molecular formula is C24H27FN8OS. The van der Waals surface area contributed by atoms with Crippen molar-refractivity contribution in [3.05, 3.63) is 59.1 Å². The molecule has 4 aromatic rings. The molecule has 1 aromatic carbocycles. The zero-order valence-corrected chi connectivity index (χ0v) is 20.5. The molecule has 0 atom stereocenters. The first-order valence-electron chi connectivity index (χ1n) is 11.5. The molecular weight excluding hydrogens is 467 g/mol. The highest BCUT2D eigenvalue weighted by molar-refractivity contribution is 7.16. The lowest BCUT2D eigenvalue weighted by Gasteiger charge is -2.21. The van der Waals surface area contributed by atoms with Crippen LogP contribution in [0.5, 0.6) is 5.75 Å². The second-order valence-corrected chi connectivity index (χ2v) is 9.33. The van der Waals surface area contributed by atoms with Crippen LogP contribution in [0, 0.1) is 5.82 Å². The summed E-state index contributed by atoms with van der Waals surface area (Å²) in [4.78, 5) is 16.4. The molecule has 1 aliphatic rings. The maximum absolute atomic E-state index is 13.2. The number of methoxy groups -OCH3 is 1. The maximum atomic E-state index is 13.2. The van der Waals surface area contributed by atoms with Gasteiger partial charge in [-0.05, 0) is 37.7 Å². The van der Waals surface area contributed by atoms with E-state index in [-0.39, 0.29) is 0 Å². The van der Waals surface area contributed by atoms with E-state index < -0.39 is 5.82 Å². The van der Waals surface area contributed by atoms with E-state index in [0.29, 0.717) is 17.6 Å². The maximum Gasteiger partial charge on any atom is 0.229 e. The molecule has 0 aliphatic carbocycles. The average molecular weight is 495 g/mol. The summed E-state index contributed by atoms with van der Waals surface area (Å²) < 4.78 is 20.4. The third-order valence-electron chi connectivity index (χ3n) is 5.80. The molecule has 9 nitrogen and oxygen atoms in total. The number of rotatable bonds is 9. The van der Waals surface area contributed by atoms with Crippen molar-refractivity contribution in [3.8, 4) is 17.0 Å². The molecule has 0 spiro atoms. The van der Waals surface area contributed by atoms with Crippen LogP contribution in [0.15, 0.2) is 42.9 Å². The number of halogens is 1. The van der Waals surface area contributed by atoms with Crippen LogP contribution in [0.4, 0.5) is 21.3 Å². The molecule has 2 N–H and O–H groups in total. The third kappa shape index (κ3) is 5.25. The Kier molecular flexibility index (Phi) is 6.87. The predicted molar refractivity (Wildman–Crippen MR) is 135 cm³/mol. The molecule has 35 heavy (non-hydrogen) atoms. The molecule has 0 unspecified atom stereocenters. The summed E-state index contributed by atoms with van der Waals surface area (Å²) in [7, 11) is 3.64. The fraction of sp³-hybridized carbons (Fsp3) is 0.333. The van der Waals surface area contributed by atoms with Crippen LogP contribution in [0.1, 0.15) is 16.9 Å². The Morgan fingerprint density at radius 2 is 1.97 bits per heavy atom. The molecule has 4 heterocycles. The number of thiazole rings is 1. The number of aromatic nitrogens is 5. The van der Waals surface area contributed by atoms with E-state index in [2.05, 4.69) is 43.8 Å². The number of anilines is 3. The van der Waals surface area contributed by atoms with E-state index in [1.165, 1.54) is 4.88 Å². The van der Waals surface area contributed by atoms with Gasteiger partial charge in [0.25, 0.3) is 0 Å². The first-order chi connectivity index (χ1) is 17.1. The Morgan fingerprint density at radius 3 is 2.71 bits per heavy atom. The van der Waals surface area contributed by atoms with Crippen molar-refractivity contribution < 1.29 is 9.13 Å². The molecule has 0 radical (unpaired) electrons. The van der Waals surface area contributed by atoms with Crippen molar-refractivity contribution >= 4 is 28.2 Å². The molecule has 11 heteroatoms. The monoisotopic (exact) mass is 494 g/mol. The number of benzene rings is 1. The minimum absolute atomic E-state index is 0.319. The van der Waals surface area contributed by atoms with Gasteiger partial charge >= 0.3 is 0 Å². The Bertz CT molecular complexity index is 1270. The zero-order chi connectivity index (χ0) is 24.2. The van der Waals surface area contributed by atoms with E-state index in [0.717, 1.165) is 73.3 Å². The van der Waals surface area contributed by atoms with E-state index in [4.69, 9.17) is 14.8 Å². The van der Waals surface area contributed by atoms with Crippen molar-refractivity contribution in [2.24, 2.45) is 0 Å². The van der Waals surface area contributed by atoms with Gasteiger partial charge in [0.15, 0.2) is 16.8 Å². The average Bonchev–Trinajstić information content (AvgIpc) is 3.44. The number of hydrogen-bond acceptors (Lipinski definition) is 9. The number of hydrogen-bond donors (Lipinski definition) is 2. The molecule has 0 fully saturated rings. The molecule has 0 amide bonds. The quantitative estimate of drug-likeness (QED) is 0.340. The smallest absolute Gasteiger partial charge is 0.229 e. The number of nitrogens with one attached hydrogen (secondary N) is 2. The van der Waals surface area contributed by atoms with Crippen LogP contribution in [0.3, 0.4) is 0 Å². The van der Waals surface area contributed by atoms with Crippen molar-refractivity contribution in [2.45, 2.75) is 19.4 Å². The number of fused-ring (bicyclic) bond motifs is 3. The fourth-order valence-electron chi connectivity index (χ4n) is 4.08. The zero-order valence-electron chi connectivity index (χ0n) is 19.7. The van der Waals surface area contributed by atoms with Crippen LogP contribution in [0.2, 0.25) is 0 Å². The molecule has 3 aromatic heterocycles. The van der Waals surface area contributed by atoms with Crippen molar-refractivity contribution in [1.82, 2.24) is 30.0 Å². The molecule has 0 saturated heterocycles. The van der Waals surface area contributed by atoms with Crippen LogP contribution in [-0.2, 0) is 13.0 Å². The highest BCUT2D eigenvalue weighted by Crippen LogP contribution is 2.40. The first kappa shape index (κ1) is 23.2. The van der Waals surface area contributed by atoms with Gasteiger partial charge in [0, 0.05) is 30.6 Å². The lowest BCUT2D eigenvalue weighted by atomic mass is 10.2. The SMILES string of the molecule is CNCCCN1CCc2sc(Nc3ncc(F)cn3)nc2-c2cn(Cc3ccc(OC)cc3)nc21. The summed E-state index contributed by atoms with van der Waals surface area (Å²) in [5, 5.41) is 12.0. The summed E-state index contributed by atoms with van der Waals surface area (Å²) in [6, 6.07) is 8.02. The fourth-order valence-corrected chi connectivity index (χ4v) is 5.03. The summed E-state index contributed by atoms with van der Waals surface area (Å²) in [6.07, 6.45) is 6.24. The van der Waals surface area contributed by atoms with Gasteiger partial charge in [-0.2, -0.15) is 5.10 Å². The van der Waals surface area contributed by atoms with Gasteiger partial charge in [0.2, 0.25) is 5.95 Å². The van der Waals surface area contributed by atoms with Gasteiger partial charge in [0.1, 0.15) is 5.75 Å². The van der Waals surface area contributed by atoms with E-state index in [1.807, 2.05) is 23.9 Å². The Balaban J connectivity index is 1.45. The van der Waals surface area contributed by atoms with Gasteiger partial charge < -0.3 is 20.3 Å². The Morgan fingerprint density at radius 1 is 1.17 bits per heavy atom. The summed E-state index contributed by atoms with van der Waals surface area (Å²) in [5.74, 6) is 1.62. The minimum atomic E-state index is -0.474. The predicted octanol–water partition coefficient (Wildman–Crippen LogP) is 3.71. The number of ether oxygens (including phenoxy) is 1. The molecule has 1 aliphatic heterocycles. The van der Waals surface area contributed by atoms with E-state index >= 15 is 0 Å². The topological polar surface area (TPSA) is 93.0 Å². The van der Waals surface area contributed by atoms with E-state index in [9.17, 15) is 4.39 Å². The summed E-state index contributed by atoms with van der Waals surface area (Å²) in [6.45, 7) is 3.37. The summed E-state index contributed by atoms with van der Waals surface area (Å²) >= 11 is 1.57. The third-order valence-corrected chi connectivity index (χ3v) is 6.83. The van der Waals surface area contributed by atoms with Crippen LogP contribution in [0.25, 0.3) is 11.3 Å². The summed E-state index contributed by atoms with van der Waals surface area (Å²) in [5.41, 5.74) is 3.08. The van der Waals surface area contributed by atoms with Crippen LogP contribution in [-0.4, -0.2) is 58.5 Å². The Hall–Kier alpha value is -3.57. The normalized spacial score (nSPS) is 12.7. The van der Waals surface area contributed by atoms with Crippen molar-refractivity contribution in [2.75, 3.05) is 44.0 Å². The first-order valence-corrected chi connectivity index (χ1v) is 12.3. The highest BCUT2D eigenvalue weighted by Gasteiger charge is 2.27. The van der Waals surface area contributed by atoms with E-state index in [1.54, 1.807) is 18.4 Å². The molecule has 0 saturated carbocycles. The second kappa shape index (κ2) is 10.4. The van der Waals surface area contributed by atoms with Crippen LogP contribution >= 0.6 is 11.3 Å². The minimum Gasteiger partial charge on any atom is -0.497 e. The largest absolute Gasteiger partial charge is 0.497 e. The standard InChI is InChI=1S/C24H27FN8OS/c1-26-9-3-10-32-11-8-20-21(29-24(35-20)30-23-27-12-17(25)13-28-23)19-15-33(31-22(19)32)14-16-4-6-18(34-2)7-5-16/h4-7,12-13,15,26H,3,8-11,14H2,1-2H3,(H,27,28,29,30). The van der Waals surface area contributed by atoms with Gasteiger partial charge in [-0.25, -0.2) is 19.3 Å². The lowest BCUT2D eigenvalue weighted by molar-refractivity contribution is 0.414. The van der Waals surface area contributed by atoms with Crippen LogP contribution < -0.4 is 20.3 Å². The van der Waals surface area contributed by atoms with Crippen molar-refractivity contribution in [3.63, 3.8) is 0 Å². The highest BCUT2D eigenvalue weighted by atomic mass is 32.1. The Labute approximate surface area is 207 Å². The number of nitrogens with zero attached hydrogens (tertiary/aromatic N) is 6. The molecule has 182 valence electrons.